The van der Waals surface area contributed by atoms with E-state index in [-0.39, 0.29) is 0 Å². The predicted octanol–water partition coefficient (Wildman–Crippen LogP) is 3.40. The maximum Gasteiger partial charge on any atom is 0.243 e. The summed E-state index contributed by atoms with van der Waals surface area (Å²) in [4.78, 5) is 4.69. The van der Waals surface area contributed by atoms with E-state index in [1.165, 1.54) is 0 Å². The van der Waals surface area contributed by atoms with Crippen molar-refractivity contribution < 1.29 is 8.42 Å². The van der Waals surface area contributed by atoms with Crippen LogP contribution in [0, 0.1) is 13.8 Å². The fraction of sp³-hybridized carbons (Fsp3) is 0.381. The zero-order chi connectivity index (χ0) is 20.1. The van der Waals surface area contributed by atoms with Crippen molar-refractivity contribution in [2.45, 2.75) is 44.6 Å². The van der Waals surface area contributed by atoms with Crippen LogP contribution >= 0.6 is 0 Å². The van der Waals surface area contributed by atoms with Crippen molar-refractivity contribution in [2.75, 3.05) is 18.4 Å². The predicted molar refractivity (Wildman–Crippen MR) is 114 cm³/mol. The van der Waals surface area contributed by atoms with Crippen LogP contribution < -0.4 is 11.1 Å². The molecule has 150 valence electrons. The summed E-state index contributed by atoms with van der Waals surface area (Å²) in [6, 6.07) is 13.0. The molecule has 0 saturated carbocycles. The Labute approximate surface area is 167 Å². The average molecular weight is 401 g/mol. The number of nitrogens with zero attached hydrogens (tertiary/aromatic N) is 2. The monoisotopic (exact) mass is 400 g/mol. The number of benzene rings is 2. The Bertz CT molecular complexity index is 927. The molecular formula is C21H28N4O2S. The molecule has 2 aromatic carbocycles. The smallest absolute Gasteiger partial charge is 0.243 e. The Hall–Kier alpha value is -2.38. The highest BCUT2D eigenvalue weighted by Crippen LogP contribution is 2.21. The van der Waals surface area contributed by atoms with Crippen LogP contribution in [-0.2, 0) is 16.6 Å². The lowest BCUT2D eigenvalue weighted by Crippen LogP contribution is -2.35. The van der Waals surface area contributed by atoms with Crippen LogP contribution in [0.3, 0.4) is 0 Å². The van der Waals surface area contributed by atoms with E-state index in [4.69, 9.17) is 5.73 Å². The van der Waals surface area contributed by atoms with E-state index in [2.05, 4.69) is 16.4 Å². The maximum atomic E-state index is 12.7. The Morgan fingerprint density at radius 3 is 2.25 bits per heavy atom. The molecule has 3 N–H and O–H groups in total. The molecule has 1 fully saturated rings. The Kier molecular flexibility index (Phi) is 6.36. The number of piperidine rings is 1. The summed E-state index contributed by atoms with van der Waals surface area (Å²) in [6.07, 6.45) is 2.96. The summed E-state index contributed by atoms with van der Waals surface area (Å²) < 4.78 is 27.0. The molecule has 6 nitrogen and oxygen atoms in total. The Balaban J connectivity index is 1.64. The van der Waals surface area contributed by atoms with Gasteiger partial charge < -0.3 is 11.1 Å². The van der Waals surface area contributed by atoms with Gasteiger partial charge in [-0.1, -0.05) is 24.6 Å². The first-order valence-electron chi connectivity index (χ1n) is 9.59. The van der Waals surface area contributed by atoms with Gasteiger partial charge in [-0.25, -0.2) is 13.4 Å². The number of sulfonamides is 1. The molecule has 7 heteroatoms. The van der Waals surface area contributed by atoms with Gasteiger partial charge in [-0.3, -0.25) is 0 Å². The third-order valence-electron chi connectivity index (χ3n) is 4.80. The number of rotatable bonds is 5. The second-order valence-corrected chi connectivity index (χ2v) is 9.25. The molecule has 0 unspecified atom stereocenters. The van der Waals surface area contributed by atoms with Gasteiger partial charge in [0.1, 0.15) is 0 Å². The molecule has 1 aliphatic rings. The number of nitrogens with two attached hydrogens (primary N) is 1. The normalized spacial score (nSPS) is 16.1. The van der Waals surface area contributed by atoms with Crippen LogP contribution in [-0.4, -0.2) is 31.8 Å². The van der Waals surface area contributed by atoms with E-state index in [1.54, 1.807) is 28.6 Å². The third kappa shape index (κ3) is 5.11. The van der Waals surface area contributed by atoms with Crippen molar-refractivity contribution in [1.29, 1.82) is 0 Å². The first kappa shape index (κ1) is 20.4. The largest absolute Gasteiger partial charge is 0.370 e. The summed E-state index contributed by atoms with van der Waals surface area (Å²) in [5.41, 5.74) is 10.1. The minimum Gasteiger partial charge on any atom is -0.370 e. The molecule has 1 saturated heterocycles. The summed E-state index contributed by atoms with van der Waals surface area (Å²) in [5.74, 6) is 0.329. The molecule has 1 aliphatic heterocycles. The molecule has 0 bridgehead atoms. The van der Waals surface area contributed by atoms with E-state index >= 15 is 0 Å². The third-order valence-corrected chi connectivity index (χ3v) is 6.72. The van der Waals surface area contributed by atoms with Gasteiger partial charge in [0, 0.05) is 18.8 Å². The van der Waals surface area contributed by atoms with E-state index in [0.29, 0.717) is 30.5 Å². The molecule has 2 aromatic rings. The summed E-state index contributed by atoms with van der Waals surface area (Å²) in [6.45, 7) is 5.66. The van der Waals surface area contributed by atoms with Gasteiger partial charge in [-0.05, 0) is 67.6 Å². The van der Waals surface area contributed by atoms with Gasteiger partial charge in [-0.15, -0.1) is 0 Å². The molecule has 28 heavy (non-hydrogen) atoms. The van der Waals surface area contributed by atoms with Gasteiger partial charge in [0.2, 0.25) is 10.0 Å². The van der Waals surface area contributed by atoms with Crippen LogP contribution in [0.15, 0.2) is 52.4 Å². The van der Waals surface area contributed by atoms with E-state index in [9.17, 15) is 8.42 Å². The molecular weight excluding hydrogens is 372 g/mol. The van der Waals surface area contributed by atoms with Crippen molar-refractivity contribution in [2.24, 2.45) is 10.7 Å². The molecule has 1 heterocycles. The number of hydrogen-bond acceptors (Lipinski definition) is 3. The van der Waals surface area contributed by atoms with E-state index in [0.717, 1.165) is 41.6 Å². The van der Waals surface area contributed by atoms with Gasteiger partial charge in [0.15, 0.2) is 5.96 Å². The fourth-order valence-electron chi connectivity index (χ4n) is 3.43. The van der Waals surface area contributed by atoms with Crippen molar-refractivity contribution in [3.63, 3.8) is 0 Å². The molecule has 0 aliphatic carbocycles. The Morgan fingerprint density at radius 2 is 1.64 bits per heavy atom. The SMILES string of the molecule is Cc1cc(C)cc(NC(N)=NCc2ccc(S(=O)(=O)N3CCCCC3)cc2)c1. The highest BCUT2D eigenvalue weighted by molar-refractivity contribution is 7.89. The van der Waals surface area contributed by atoms with Crippen molar-refractivity contribution in [3.05, 3.63) is 59.2 Å². The maximum absolute atomic E-state index is 12.7. The minimum absolute atomic E-state index is 0.329. The highest BCUT2D eigenvalue weighted by atomic mass is 32.2. The minimum atomic E-state index is -3.40. The number of nitrogens with one attached hydrogen (secondary N) is 1. The summed E-state index contributed by atoms with van der Waals surface area (Å²) in [7, 11) is -3.40. The van der Waals surface area contributed by atoms with Gasteiger partial charge >= 0.3 is 0 Å². The van der Waals surface area contributed by atoms with Crippen molar-refractivity contribution >= 4 is 21.7 Å². The zero-order valence-corrected chi connectivity index (χ0v) is 17.3. The van der Waals surface area contributed by atoms with Crippen molar-refractivity contribution in [1.82, 2.24) is 4.31 Å². The summed E-state index contributed by atoms with van der Waals surface area (Å²) in [5, 5.41) is 3.10. The molecule has 0 radical (unpaired) electrons. The molecule has 0 amide bonds. The van der Waals surface area contributed by atoms with Crippen LogP contribution in [0.25, 0.3) is 0 Å². The molecule has 0 aromatic heterocycles. The number of aliphatic imine (C=N–C) groups is 1. The highest BCUT2D eigenvalue weighted by Gasteiger charge is 2.25. The topological polar surface area (TPSA) is 87.8 Å². The fourth-order valence-corrected chi connectivity index (χ4v) is 4.95. The molecule has 3 rings (SSSR count). The quantitative estimate of drug-likeness (QED) is 0.595. The molecule has 0 atom stereocenters. The van der Waals surface area contributed by atoms with Gasteiger partial charge in [-0.2, -0.15) is 4.31 Å². The average Bonchev–Trinajstić information content (AvgIpc) is 2.66. The van der Waals surface area contributed by atoms with Crippen LogP contribution in [0.4, 0.5) is 5.69 Å². The number of anilines is 1. The van der Waals surface area contributed by atoms with E-state index in [1.807, 2.05) is 26.0 Å². The van der Waals surface area contributed by atoms with Crippen LogP contribution in [0.5, 0.6) is 0 Å². The zero-order valence-electron chi connectivity index (χ0n) is 16.5. The van der Waals surface area contributed by atoms with Gasteiger partial charge in [0.05, 0.1) is 11.4 Å². The standard InChI is InChI=1S/C21H28N4O2S/c1-16-12-17(2)14-19(13-16)24-21(22)23-15-18-6-8-20(9-7-18)28(26,27)25-10-4-3-5-11-25/h6-9,12-14H,3-5,10-11,15H2,1-2H3,(H3,22,23,24). The Morgan fingerprint density at radius 1 is 1.04 bits per heavy atom. The number of guanidine groups is 1. The summed E-state index contributed by atoms with van der Waals surface area (Å²) >= 11 is 0. The lowest BCUT2D eigenvalue weighted by molar-refractivity contribution is 0.346. The lowest BCUT2D eigenvalue weighted by atomic mass is 10.1. The number of aryl methyl sites for hydroxylation is 2. The van der Waals surface area contributed by atoms with Gasteiger partial charge in [0.25, 0.3) is 0 Å². The van der Waals surface area contributed by atoms with Crippen LogP contribution in [0.1, 0.15) is 36.0 Å². The van der Waals surface area contributed by atoms with E-state index < -0.39 is 10.0 Å². The second kappa shape index (κ2) is 8.75. The first-order valence-corrected chi connectivity index (χ1v) is 11.0. The second-order valence-electron chi connectivity index (χ2n) is 7.31. The molecule has 0 spiro atoms. The van der Waals surface area contributed by atoms with Crippen molar-refractivity contribution in [3.8, 4) is 0 Å². The first-order chi connectivity index (χ1) is 13.3. The van der Waals surface area contributed by atoms with Crippen LogP contribution in [0.2, 0.25) is 0 Å². The number of hydrogen-bond donors (Lipinski definition) is 2. The lowest BCUT2D eigenvalue weighted by Gasteiger charge is -2.25.